The van der Waals surface area contributed by atoms with E-state index in [1.807, 2.05) is 0 Å². The SMILES string of the molecule is CC(NC(=O)N1CCOCC1)NC(C)(O)C(C)(C)c1cccc(C(=O)O)c1Cl.O=C(O)C(=O)O. The van der Waals surface area contributed by atoms with Crippen molar-refractivity contribution in [3.8, 4) is 0 Å². The van der Waals surface area contributed by atoms with E-state index in [2.05, 4.69) is 10.6 Å². The van der Waals surface area contributed by atoms with Gasteiger partial charge in [0.05, 0.1) is 30.0 Å². The molecule has 0 aromatic heterocycles. The molecule has 34 heavy (non-hydrogen) atoms. The molecule has 1 heterocycles. The minimum absolute atomic E-state index is 0.0308. The van der Waals surface area contributed by atoms with E-state index in [0.717, 1.165) is 0 Å². The average Bonchev–Trinajstić information content (AvgIpc) is 2.73. The first-order valence-corrected chi connectivity index (χ1v) is 10.6. The van der Waals surface area contributed by atoms with Gasteiger partial charge < -0.3 is 35.4 Å². The fraction of sp³-hybridized carbons (Fsp3) is 0.524. The Labute approximate surface area is 201 Å². The second-order valence-electron chi connectivity index (χ2n) is 8.19. The van der Waals surface area contributed by atoms with Crippen molar-refractivity contribution in [2.45, 2.75) is 45.0 Å². The number of ether oxygens (including phenoxy) is 1. The molecule has 0 spiro atoms. The molecule has 1 aliphatic rings. The normalized spacial score (nSPS) is 16.4. The maximum atomic E-state index is 12.3. The maximum Gasteiger partial charge on any atom is 0.414 e. The molecule has 1 aromatic carbocycles. The van der Waals surface area contributed by atoms with Crippen LogP contribution in [0.25, 0.3) is 0 Å². The van der Waals surface area contributed by atoms with Crippen molar-refractivity contribution in [2.24, 2.45) is 0 Å². The van der Waals surface area contributed by atoms with E-state index in [1.165, 1.54) is 6.07 Å². The number of benzene rings is 1. The van der Waals surface area contributed by atoms with Gasteiger partial charge >= 0.3 is 23.9 Å². The van der Waals surface area contributed by atoms with Crippen LogP contribution in [0.5, 0.6) is 0 Å². The molecule has 12 nitrogen and oxygen atoms in total. The van der Waals surface area contributed by atoms with Gasteiger partial charge in [0, 0.05) is 18.5 Å². The topological polar surface area (TPSA) is 186 Å². The van der Waals surface area contributed by atoms with E-state index >= 15 is 0 Å². The Hall–Kier alpha value is -2.93. The van der Waals surface area contributed by atoms with Crippen molar-refractivity contribution in [1.82, 2.24) is 15.5 Å². The number of hydrogen-bond acceptors (Lipinski definition) is 7. The molecule has 190 valence electrons. The standard InChI is InChI=1S/C19H28ClN3O5.C2H2O4/c1-12(21-17(26)23-8-10-28-11-9-23)22-19(4,27)18(2,3)14-7-5-6-13(15(14)20)16(24)25;3-1(4)2(5)6/h5-7,12,22,27H,8-11H2,1-4H3,(H,21,26)(H,24,25);(H,3,4)(H,5,6). The minimum atomic E-state index is -1.82. The third-order valence-corrected chi connectivity index (χ3v) is 5.85. The second kappa shape index (κ2) is 12.0. The number of aliphatic carboxylic acids is 2. The Morgan fingerprint density at radius 1 is 1.06 bits per heavy atom. The highest BCUT2D eigenvalue weighted by atomic mass is 35.5. The van der Waals surface area contributed by atoms with E-state index < -0.39 is 35.2 Å². The lowest BCUT2D eigenvalue weighted by atomic mass is 9.75. The lowest BCUT2D eigenvalue weighted by Crippen LogP contribution is -2.63. The summed E-state index contributed by atoms with van der Waals surface area (Å²) in [5.41, 5.74) is -2.02. The molecule has 0 bridgehead atoms. The van der Waals surface area contributed by atoms with Gasteiger partial charge in [0.25, 0.3) is 0 Å². The molecule has 2 unspecified atom stereocenters. The van der Waals surface area contributed by atoms with Crippen LogP contribution in [0.15, 0.2) is 18.2 Å². The monoisotopic (exact) mass is 503 g/mol. The van der Waals surface area contributed by atoms with Crippen LogP contribution in [0.1, 0.15) is 43.6 Å². The number of carbonyl (C=O) groups is 4. The van der Waals surface area contributed by atoms with Crippen molar-refractivity contribution in [2.75, 3.05) is 26.3 Å². The number of hydrogen-bond donors (Lipinski definition) is 6. The lowest BCUT2D eigenvalue weighted by Gasteiger charge is -2.43. The van der Waals surface area contributed by atoms with Crippen molar-refractivity contribution in [3.63, 3.8) is 0 Å². The predicted molar refractivity (Wildman–Crippen MR) is 121 cm³/mol. The Balaban J connectivity index is 0.000000852. The maximum absolute atomic E-state index is 12.3. The van der Waals surface area contributed by atoms with Gasteiger partial charge in [-0.15, -0.1) is 0 Å². The number of carboxylic acids is 3. The molecule has 0 aliphatic carbocycles. The lowest BCUT2D eigenvalue weighted by molar-refractivity contribution is -0.159. The number of morpholine rings is 1. The Morgan fingerprint density at radius 2 is 1.59 bits per heavy atom. The van der Waals surface area contributed by atoms with E-state index in [4.69, 9.17) is 36.1 Å². The fourth-order valence-corrected chi connectivity index (χ4v) is 3.57. The zero-order valence-electron chi connectivity index (χ0n) is 19.3. The molecule has 1 fully saturated rings. The summed E-state index contributed by atoms with van der Waals surface area (Å²) in [5, 5.41) is 41.1. The molecule has 13 heteroatoms. The second-order valence-corrected chi connectivity index (χ2v) is 8.57. The van der Waals surface area contributed by atoms with Gasteiger partial charge in [-0.05, 0) is 25.5 Å². The molecule has 1 aromatic rings. The van der Waals surface area contributed by atoms with Crippen LogP contribution in [0.4, 0.5) is 4.79 Å². The van der Waals surface area contributed by atoms with E-state index in [-0.39, 0.29) is 16.6 Å². The highest BCUT2D eigenvalue weighted by Gasteiger charge is 2.43. The first kappa shape index (κ1) is 29.1. The van der Waals surface area contributed by atoms with Crippen LogP contribution in [0.3, 0.4) is 0 Å². The van der Waals surface area contributed by atoms with Gasteiger partial charge in [-0.3, -0.25) is 5.32 Å². The molecular weight excluding hydrogens is 474 g/mol. The van der Waals surface area contributed by atoms with Gasteiger partial charge in [0.15, 0.2) is 0 Å². The summed E-state index contributed by atoms with van der Waals surface area (Å²) in [4.78, 5) is 43.6. The molecule has 1 aliphatic heterocycles. The molecule has 2 amide bonds. The molecule has 0 radical (unpaired) electrons. The first-order valence-electron chi connectivity index (χ1n) is 10.2. The Kier molecular flexibility index (Phi) is 10.2. The van der Waals surface area contributed by atoms with E-state index in [1.54, 1.807) is 44.7 Å². The summed E-state index contributed by atoms with van der Waals surface area (Å²) in [6, 6.07) is 4.44. The van der Waals surface area contributed by atoms with Crippen LogP contribution < -0.4 is 10.6 Å². The van der Waals surface area contributed by atoms with Crippen molar-refractivity contribution < 1.29 is 44.3 Å². The van der Waals surface area contributed by atoms with E-state index in [9.17, 15) is 19.8 Å². The number of nitrogens with zero attached hydrogens (tertiary/aromatic N) is 1. The molecule has 6 N–H and O–H groups in total. The van der Waals surface area contributed by atoms with Gasteiger partial charge in [0.2, 0.25) is 0 Å². The number of nitrogens with one attached hydrogen (secondary N) is 2. The molecule has 2 rings (SSSR count). The van der Waals surface area contributed by atoms with Crippen LogP contribution >= 0.6 is 11.6 Å². The van der Waals surface area contributed by atoms with Gasteiger partial charge in [-0.2, -0.15) is 0 Å². The summed E-state index contributed by atoms with van der Waals surface area (Å²) in [5.74, 6) is -4.79. The quantitative estimate of drug-likeness (QED) is 0.243. The number of urea groups is 1. The Bertz CT molecular complexity index is 903. The van der Waals surface area contributed by atoms with Gasteiger partial charge in [0.1, 0.15) is 5.72 Å². The Morgan fingerprint density at radius 3 is 2.06 bits per heavy atom. The predicted octanol–water partition coefficient (Wildman–Crippen LogP) is 1.16. The van der Waals surface area contributed by atoms with Crippen LogP contribution in [-0.4, -0.2) is 87.5 Å². The zero-order valence-corrected chi connectivity index (χ0v) is 20.0. The number of carbonyl (C=O) groups excluding carboxylic acids is 1. The summed E-state index contributed by atoms with van der Waals surface area (Å²) in [7, 11) is 0. The highest BCUT2D eigenvalue weighted by Crippen LogP contribution is 2.38. The van der Waals surface area contributed by atoms with Crippen molar-refractivity contribution >= 4 is 35.5 Å². The number of rotatable bonds is 6. The highest BCUT2D eigenvalue weighted by molar-refractivity contribution is 6.34. The third kappa shape index (κ3) is 7.55. The summed E-state index contributed by atoms with van der Waals surface area (Å²) in [6.07, 6.45) is -0.550. The summed E-state index contributed by atoms with van der Waals surface area (Å²) < 4.78 is 5.24. The number of amides is 2. The molecule has 1 saturated heterocycles. The number of aliphatic hydroxyl groups is 1. The van der Waals surface area contributed by atoms with E-state index in [0.29, 0.717) is 31.9 Å². The summed E-state index contributed by atoms with van der Waals surface area (Å²) in [6.45, 7) is 8.81. The van der Waals surface area contributed by atoms with Crippen LogP contribution in [-0.2, 0) is 19.7 Å². The third-order valence-electron chi connectivity index (χ3n) is 5.44. The minimum Gasteiger partial charge on any atom is -0.478 e. The first-order chi connectivity index (χ1) is 15.6. The number of halogens is 1. The fourth-order valence-electron chi connectivity index (χ4n) is 3.12. The van der Waals surface area contributed by atoms with Crippen LogP contribution in [0, 0.1) is 0 Å². The van der Waals surface area contributed by atoms with Gasteiger partial charge in [-0.25, -0.2) is 19.2 Å². The zero-order chi connectivity index (χ0) is 26.3. The summed E-state index contributed by atoms with van der Waals surface area (Å²) >= 11 is 6.31. The van der Waals surface area contributed by atoms with Crippen LogP contribution in [0.2, 0.25) is 5.02 Å². The molecule has 2 atom stereocenters. The molecular formula is C21H30ClN3O9. The largest absolute Gasteiger partial charge is 0.478 e. The van der Waals surface area contributed by atoms with Gasteiger partial charge in [-0.1, -0.05) is 37.6 Å². The number of aromatic carboxylic acids is 1. The average molecular weight is 504 g/mol. The van der Waals surface area contributed by atoms with Crippen molar-refractivity contribution in [3.05, 3.63) is 34.3 Å². The number of carboxylic acid groups (broad SMARTS) is 3. The molecule has 0 saturated carbocycles. The van der Waals surface area contributed by atoms with Crippen molar-refractivity contribution in [1.29, 1.82) is 0 Å². The smallest absolute Gasteiger partial charge is 0.414 e.